The molecule has 2 N–H and O–H groups in total. The fourth-order valence-corrected chi connectivity index (χ4v) is 3.68. The maximum Gasteiger partial charge on any atom is 0.323 e. The van der Waals surface area contributed by atoms with E-state index in [9.17, 15) is 13.6 Å². The second-order valence-corrected chi connectivity index (χ2v) is 7.53. The summed E-state index contributed by atoms with van der Waals surface area (Å²) < 4.78 is 30.3. The first-order valence-corrected chi connectivity index (χ1v) is 10.0. The summed E-state index contributed by atoms with van der Waals surface area (Å²) in [6.45, 7) is 2.63. The Morgan fingerprint density at radius 2 is 2.03 bits per heavy atom. The predicted octanol–water partition coefficient (Wildman–Crippen LogP) is 5.15. The molecule has 1 aliphatic heterocycles. The fourth-order valence-electron chi connectivity index (χ4n) is 3.68. The molecule has 0 spiro atoms. The molecule has 1 saturated heterocycles. The van der Waals surface area contributed by atoms with Crippen LogP contribution in [0.2, 0.25) is 0 Å². The number of aromatic nitrogens is 1. The van der Waals surface area contributed by atoms with Gasteiger partial charge in [-0.15, -0.1) is 0 Å². The molecule has 0 aliphatic carbocycles. The number of alkyl halides is 2. The SMILES string of the molecule is Cc1ccc(-c2ccc3cnc(NC(=O)N4CCC(NCC(F)F)CC4)cc3c2)o1.[HH].[HH]. The van der Waals surface area contributed by atoms with E-state index in [1.54, 1.807) is 11.1 Å². The van der Waals surface area contributed by atoms with Crippen molar-refractivity contribution in [3.8, 4) is 11.3 Å². The second kappa shape index (κ2) is 8.79. The molecule has 30 heavy (non-hydrogen) atoms. The first kappa shape index (κ1) is 20.3. The quantitative estimate of drug-likeness (QED) is 0.601. The zero-order valence-corrected chi connectivity index (χ0v) is 16.7. The molecule has 0 radical (unpaired) electrons. The van der Waals surface area contributed by atoms with Crippen LogP contribution in [0.25, 0.3) is 22.1 Å². The molecule has 0 bridgehead atoms. The highest BCUT2D eigenvalue weighted by atomic mass is 19.3. The maximum absolute atomic E-state index is 12.6. The van der Waals surface area contributed by atoms with E-state index in [0.717, 1.165) is 27.9 Å². The van der Waals surface area contributed by atoms with Gasteiger partial charge in [-0.1, -0.05) is 12.1 Å². The first-order valence-electron chi connectivity index (χ1n) is 10.0. The van der Waals surface area contributed by atoms with Crippen LogP contribution in [0.5, 0.6) is 0 Å². The van der Waals surface area contributed by atoms with E-state index in [0.29, 0.717) is 31.7 Å². The maximum atomic E-state index is 12.6. The van der Waals surface area contributed by atoms with Crippen molar-refractivity contribution < 1.29 is 20.8 Å². The molecule has 3 aromatic rings. The lowest BCUT2D eigenvalue weighted by Crippen LogP contribution is -2.47. The number of rotatable bonds is 5. The van der Waals surface area contributed by atoms with Crippen LogP contribution in [0, 0.1) is 6.92 Å². The van der Waals surface area contributed by atoms with Gasteiger partial charge in [0.1, 0.15) is 17.3 Å². The Bertz CT molecular complexity index is 1040. The largest absolute Gasteiger partial charge is 0.461 e. The number of urea groups is 1. The van der Waals surface area contributed by atoms with E-state index in [-0.39, 0.29) is 21.5 Å². The average molecular weight is 418 g/mol. The van der Waals surface area contributed by atoms with Gasteiger partial charge in [-0.3, -0.25) is 5.32 Å². The summed E-state index contributed by atoms with van der Waals surface area (Å²) in [6, 6.07) is 11.4. The molecule has 3 heterocycles. The summed E-state index contributed by atoms with van der Waals surface area (Å²) in [6.07, 6.45) is 0.666. The zero-order valence-electron chi connectivity index (χ0n) is 16.7. The smallest absolute Gasteiger partial charge is 0.323 e. The molecule has 0 unspecified atom stereocenters. The number of benzene rings is 1. The minimum absolute atomic E-state index is 0. The van der Waals surface area contributed by atoms with E-state index in [4.69, 9.17) is 4.42 Å². The van der Waals surface area contributed by atoms with E-state index in [1.165, 1.54) is 0 Å². The Morgan fingerprint density at radius 3 is 2.73 bits per heavy atom. The number of aryl methyl sites for hydroxylation is 1. The minimum atomic E-state index is -2.36. The number of pyridine rings is 1. The van der Waals surface area contributed by atoms with Crippen LogP contribution in [-0.4, -0.2) is 48.0 Å². The van der Waals surface area contributed by atoms with Crippen LogP contribution in [0.3, 0.4) is 0 Å². The highest BCUT2D eigenvalue weighted by Gasteiger charge is 2.23. The minimum Gasteiger partial charge on any atom is -0.461 e. The van der Waals surface area contributed by atoms with Crippen LogP contribution in [0.1, 0.15) is 21.5 Å². The predicted molar refractivity (Wildman–Crippen MR) is 116 cm³/mol. The molecular formula is C22H28F2N4O2. The van der Waals surface area contributed by atoms with Gasteiger partial charge in [-0.25, -0.2) is 18.6 Å². The molecule has 0 saturated carbocycles. The molecule has 1 fully saturated rings. The third-order valence-corrected chi connectivity index (χ3v) is 5.32. The van der Waals surface area contributed by atoms with Crippen LogP contribution in [0.15, 0.2) is 47.0 Å². The number of nitrogens with zero attached hydrogens (tertiary/aromatic N) is 2. The van der Waals surface area contributed by atoms with Crippen molar-refractivity contribution in [3.05, 3.63) is 48.4 Å². The highest BCUT2D eigenvalue weighted by molar-refractivity contribution is 5.93. The van der Waals surface area contributed by atoms with Gasteiger partial charge in [-0.05, 0) is 49.4 Å². The lowest BCUT2D eigenvalue weighted by atomic mass is 10.1. The number of amides is 2. The first-order chi connectivity index (χ1) is 14.5. The van der Waals surface area contributed by atoms with Gasteiger partial charge in [0.15, 0.2) is 0 Å². The summed E-state index contributed by atoms with van der Waals surface area (Å²) in [5.74, 6) is 2.11. The van der Waals surface area contributed by atoms with Gasteiger partial charge in [0.25, 0.3) is 6.43 Å². The van der Waals surface area contributed by atoms with Crippen molar-refractivity contribution in [2.75, 3.05) is 25.0 Å². The topological polar surface area (TPSA) is 70.4 Å². The number of furan rings is 1. The second-order valence-electron chi connectivity index (χ2n) is 7.53. The number of likely N-dealkylation sites (tertiary alicyclic amines) is 1. The molecule has 8 heteroatoms. The Hall–Kier alpha value is -3.00. The van der Waals surface area contributed by atoms with Gasteiger partial charge in [0.2, 0.25) is 0 Å². The molecule has 0 atom stereocenters. The van der Waals surface area contributed by atoms with E-state index < -0.39 is 6.43 Å². The molecule has 4 rings (SSSR count). The number of anilines is 1. The van der Waals surface area contributed by atoms with Gasteiger partial charge >= 0.3 is 6.03 Å². The molecule has 2 aromatic heterocycles. The van der Waals surface area contributed by atoms with Crippen molar-refractivity contribution in [2.45, 2.75) is 32.2 Å². The Morgan fingerprint density at radius 1 is 1.23 bits per heavy atom. The molecule has 1 aromatic carbocycles. The number of hydrogen-bond donors (Lipinski definition) is 2. The Kier molecular flexibility index (Phi) is 5.94. The van der Waals surface area contributed by atoms with Gasteiger partial charge in [0, 0.05) is 39.1 Å². The van der Waals surface area contributed by atoms with E-state index in [1.807, 2.05) is 43.3 Å². The van der Waals surface area contributed by atoms with Gasteiger partial charge in [-0.2, -0.15) is 0 Å². The number of fused-ring (bicyclic) bond motifs is 1. The fraction of sp³-hybridized carbons (Fsp3) is 0.364. The third kappa shape index (κ3) is 4.76. The number of hydrogen-bond acceptors (Lipinski definition) is 4. The summed E-state index contributed by atoms with van der Waals surface area (Å²) in [4.78, 5) is 18.6. The number of carbonyl (C=O) groups excluding carboxylic acids is 1. The van der Waals surface area contributed by atoms with Gasteiger partial charge in [0.05, 0.1) is 6.54 Å². The number of halogens is 2. The highest BCUT2D eigenvalue weighted by Crippen LogP contribution is 2.27. The normalized spacial score (nSPS) is 15.1. The average Bonchev–Trinajstić information content (AvgIpc) is 3.18. The number of nitrogens with one attached hydrogen (secondary N) is 2. The Labute approximate surface area is 176 Å². The third-order valence-electron chi connectivity index (χ3n) is 5.32. The lowest BCUT2D eigenvalue weighted by Gasteiger charge is -2.32. The van der Waals surface area contributed by atoms with E-state index >= 15 is 0 Å². The van der Waals surface area contributed by atoms with Crippen molar-refractivity contribution in [2.24, 2.45) is 0 Å². The molecule has 162 valence electrons. The number of piperidine rings is 1. The molecule has 6 nitrogen and oxygen atoms in total. The molecule has 2 amide bonds. The monoisotopic (exact) mass is 418 g/mol. The number of carbonyl (C=O) groups is 1. The van der Waals surface area contributed by atoms with Crippen molar-refractivity contribution in [1.82, 2.24) is 15.2 Å². The van der Waals surface area contributed by atoms with Crippen LogP contribution in [-0.2, 0) is 0 Å². The Balaban J connectivity index is 0.00000181. The van der Waals surface area contributed by atoms with Crippen LogP contribution >= 0.6 is 0 Å². The van der Waals surface area contributed by atoms with Crippen LogP contribution < -0.4 is 10.6 Å². The molecule has 1 aliphatic rings. The van der Waals surface area contributed by atoms with E-state index in [2.05, 4.69) is 15.6 Å². The standard InChI is InChI=1S/C22H24F2N4O2.2H2/c1-14-2-5-19(30-14)15-3-4-16-12-26-21(11-17(16)10-15)27-22(29)28-8-6-18(7-9-28)25-13-20(23)24;;/h2-5,10-12,18,20,25H,6-9,13H2,1H3,(H,26,27,29);2*1H. The summed E-state index contributed by atoms with van der Waals surface area (Å²) in [5.41, 5.74) is 0.956. The molecular weight excluding hydrogens is 390 g/mol. The van der Waals surface area contributed by atoms with Gasteiger partial charge < -0.3 is 14.6 Å². The van der Waals surface area contributed by atoms with Crippen molar-refractivity contribution in [1.29, 1.82) is 0 Å². The lowest BCUT2D eigenvalue weighted by molar-refractivity contribution is 0.132. The summed E-state index contributed by atoms with van der Waals surface area (Å²) >= 11 is 0. The van der Waals surface area contributed by atoms with Crippen LogP contribution in [0.4, 0.5) is 19.4 Å². The summed E-state index contributed by atoms with van der Waals surface area (Å²) in [7, 11) is 0. The zero-order chi connectivity index (χ0) is 21.1. The van der Waals surface area contributed by atoms with Crippen molar-refractivity contribution in [3.63, 3.8) is 0 Å². The summed E-state index contributed by atoms with van der Waals surface area (Å²) in [5, 5.41) is 7.60. The van der Waals surface area contributed by atoms with Crippen molar-refractivity contribution >= 4 is 22.6 Å².